The van der Waals surface area contributed by atoms with Crippen LogP contribution in [0.15, 0.2) is 35.3 Å². The summed E-state index contributed by atoms with van der Waals surface area (Å²) in [7, 11) is 0. The van der Waals surface area contributed by atoms with Crippen molar-refractivity contribution in [2.75, 3.05) is 19.6 Å². The lowest BCUT2D eigenvalue weighted by molar-refractivity contribution is 0.0672. The Morgan fingerprint density at radius 2 is 1.86 bits per heavy atom. The van der Waals surface area contributed by atoms with Crippen molar-refractivity contribution in [1.29, 1.82) is 0 Å². The molecule has 0 fully saturated rings. The van der Waals surface area contributed by atoms with Crippen LogP contribution in [0.2, 0.25) is 0 Å². The number of aliphatic hydroxyl groups is 1. The third-order valence-corrected chi connectivity index (χ3v) is 3.36. The summed E-state index contributed by atoms with van der Waals surface area (Å²) in [6.07, 6.45) is 3.56. The first kappa shape index (κ1) is 17.5. The van der Waals surface area contributed by atoms with Gasteiger partial charge in [-0.2, -0.15) is 0 Å². The van der Waals surface area contributed by atoms with Crippen molar-refractivity contribution in [3.8, 4) is 0 Å². The minimum Gasteiger partial charge on any atom is -0.384 e. The van der Waals surface area contributed by atoms with Gasteiger partial charge in [-0.05, 0) is 25.8 Å². The van der Waals surface area contributed by atoms with E-state index in [4.69, 9.17) is 0 Å². The summed E-state index contributed by atoms with van der Waals surface area (Å²) in [5, 5.41) is 17.1. The largest absolute Gasteiger partial charge is 0.384 e. The molecule has 1 atom stereocenters. The molecular weight excluding hydrogens is 262 g/mol. The Balaban J connectivity index is 2.59. The normalized spacial score (nSPS) is 14.6. The molecule has 0 saturated heterocycles. The number of nitrogens with one attached hydrogen (secondary N) is 2. The van der Waals surface area contributed by atoms with Crippen molar-refractivity contribution in [2.24, 2.45) is 4.99 Å². The Hall–Kier alpha value is -1.55. The monoisotopic (exact) mass is 291 g/mol. The highest BCUT2D eigenvalue weighted by molar-refractivity contribution is 5.79. The number of hydrogen-bond acceptors (Lipinski definition) is 2. The maximum absolute atomic E-state index is 10.5. The highest BCUT2D eigenvalue weighted by Crippen LogP contribution is 2.20. The summed E-state index contributed by atoms with van der Waals surface area (Å²) < 4.78 is 0. The zero-order valence-corrected chi connectivity index (χ0v) is 13.5. The first-order valence-corrected chi connectivity index (χ1v) is 7.90. The lowest BCUT2D eigenvalue weighted by Crippen LogP contribution is -2.39. The molecule has 0 aliphatic heterocycles. The van der Waals surface area contributed by atoms with E-state index in [-0.39, 0.29) is 0 Å². The van der Waals surface area contributed by atoms with Crippen LogP contribution >= 0.6 is 0 Å². The zero-order chi connectivity index (χ0) is 15.6. The molecule has 4 heteroatoms. The Morgan fingerprint density at radius 3 is 2.48 bits per heavy atom. The van der Waals surface area contributed by atoms with Gasteiger partial charge in [0.1, 0.15) is 5.60 Å². The van der Waals surface area contributed by atoms with E-state index in [1.54, 1.807) is 6.92 Å². The van der Waals surface area contributed by atoms with Crippen LogP contribution in [0, 0.1) is 0 Å². The van der Waals surface area contributed by atoms with Crippen LogP contribution in [-0.4, -0.2) is 30.7 Å². The van der Waals surface area contributed by atoms with Crippen molar-refractivity contribution in [2.45, 2.75) is 45.6 Å². The van der Waals surface area contributed by atoms with Gasteiger partial charge in [-0.25, -0.2) is 4.99 Å². The minimum absolute atomic E-state index is 0.333. The van der Waals surface area contributed by atoms with Crippen LogP contribution in [0.25, 0.3) is 0 Å². The number of hydrogen-bond donors (Lipinski definition) is 3. The van der Waals surface area contributed by atoms with Crippen LogP contribution in [0.3, 0.4) is 0 Å². The van der Waals surface area contributed by atoms with Gasteiger partial charge in [-0.15, -0.1) is 0 Å². The fourth-order valence-electron chi connectivity index (χ4n) is 2.05. The number of aliphatic imine (C=N–C) groups is 1. The Bertz CT molecular complexity index is 415. The van der Waals surface area contributed by atoms with Gasteiger partial charge in [0.05, 0.1) is 6.54 Å². The summed E-state index contributed by atoms with van der Waals surface area (Å²) in [6, 6.07) is 9.67. The van der Waals surface area contributed by atoms with E-state index in [9.17, 15) is 5.11 Å². The molecule has 1 aromatic rings. The summed E-state index contributed by atoms with van der Waals surface area (Å²) in [4.78, 5) is 4.50. The van der Waals surface area contributed by atoms with Gasteiger partial charge in [0.2, 0.25) is 0 Å². The molecule has 1 unspecified atom stereocenters. The topological polar surface area (TPSA) is 56.7 Å². The molecule has 0 amide bonds. The molecule has 0 bridgehead atoms. The van der Waals surface area contributed by atoms with E-state index >= 15 is 0 Å². The highest BCUT2D eigenvalue weighted by atomic mass is 16.3. The average Bonchev–Trinajstić information content (AvgIpc) is 2.50. The molecule has 0 aliphatic rings. The second-order valence-electron chi connectivity index (χ2n) is 5.47. The van der Waals surface area contributed by atoms with Crippen molar-refractivity contribution >= 4 is 5.96 Å². The Labute approximate surface area is 128 Å². The van der Waals surface area contributed by atoms with Crippen molar-refractivity contribution in [3.05, 3.63) is 35.9 Å². The molecule has 0 heterocycles. The molecular formula is C17H29N3O. The molecule has 0 radical (unpaired) electrons. The molecule has 118 valence electrons. The number of rotatable bonds is 8. The number of guanidine groups is 1. The van der Waals surface area contributed by atoms with Gasteiger partial charge in [0, 0.05) is 13.1 Å². The van der Waals surface area contributed by atoms with Crippen LogP contribution in [-0.2, 0) is 5.60 Å². The van der Waals surface area contributed by atoms with Crippen LogP contribution in [0.5, 0.6) is 0 Å². The molecule has 0 aromatic heterocycles. The van der Waals surface area contributed by atoms with Gasteiger partial charge >= 0.3 is 0 Å². The smallest absolute Gasteiger partial charge is 0.191 e. The Morgan fingerprint density at radius 1 is 1.14 bits per heavy atom. The molecule has 21 heavy (non-hydrogen) atoms. The number of unbranched alkanes of at least 4 members (excludes halogenated alkanes) is 2. The van der Waals surface area contributed by atoms with Crippen molar-refractivity contribution in [1.82, 2.24) is 10.6 Å². The molecule has 1 rings (SSSR count). The van der Waals surface area contributed by atoms with Gasteiger partial charge in [0.25, 0.3) is 0 Å². The Kier molecular flexibility index (Phi) is 7.83. The zero-order valence-electron chi connectivity index (χ0n) is 13.5. The highest BCUT2D eigenvalue weighted by Gasteiger charge is 2.22. The summed E-state index contributed by atoms with van der Waals surface area (Å²) in [5.41, 5.74) is -0.0666. The van der Waals surface area contributed by atoms with Crippen LogP contribution in [0.4, 0.5) is 0 Å². The maximum Gasteiger partial charge on any atom is 0.191 e. The first-order chi connectivity index (χ1) is 10.1. The molecule has 4 nitrogen and oxygen atoms in total. The van der Waals surface area contributed by atoms with E-state index in [0.717, 1.165) is 31.0 Å². The number of benzene rings is 1. The molecule has 0 aliphatic carbocycles. The van der Waals surface area contributed by atoms with Gasteiger partial charge in [0.15, 0.2) is 5.96 Å². The summed E-state index contributed by atoms with van der Waals surface area (Å²) in [5.74, 6) is 0.768. The fraction of sp³-hybridized carbons (Fsp3) is 0.588. The summed E-state index contributed by atoms with van der Waals surface area (Å²) in [6.45, 7) is 8.09. The summed E-state index contributed by atoms with van der Waals surface area (Å²) >= 11 is 0. The van der Waals surface area contributed by atoms with Gasteiger partial charge in [-0.1, -0.05) is 50.1 Å². The average molecular weight is 291 g/mol. The third kappa shape index (κ3) is 6.63. The van der Waals surface area contributed by atoms with Gasteiger partial charge in [-0.3, -0.25) is 0 Å². The fourth-order valence-corrected chi connectivity index (χ4v) is 2.05. The van der Waals surface area contributed by atoms with Gasteiger partial charge < -0.3 is 15.7 Å². The van der Waals surface area contributed by atoms with E-state index in [0.29, 0.717) is 6.54 Å². The third-order valence-electron chi connectivity index (χ3n) is 3.36. The van der Waals surface area contributed by atoms with E-state index in [2.05, 4.69) is 22.5 Å². The number of nitrogens with zero attached hydrogens (tertiary/aromatic N) is 1. The first-order valence-electron chi connectivity index (χ1n) is 7.90. The minimum atomic E-state index is -0.951. The van der Waals surface area contributed by atoms with E-state index in [1.165, 1.54) is 12.8 Å². The molecule has 1 aromatic carbocycles. The van der Waals surface area contributed by atoms with Crippen LogP contribution < -0.4 is 10.6 Å². The predicted octanol–water partition coefficient (Wildman–Crippen LogP) is 2.64. The van der Waals surface area contributed by atoms with E-state index in [1.807, 2.05) is 37.3 Å². The van der Waals surface area contributed by atoms with Crippen molar-refractivity contribution < 1.29 is 5.11 Å². The van der Waals surface area contributed by atoms with Crippen molar-refractivity contribution in [3.63, 3.8) is 0 Å². The SMILES string of the molecule is CCCCCNC(=NCC(C)(O)c1ccccc1)NCC. The van der Waals surface area contributed by atoms with E-state index < -0.39 is 5.60 Å². The molecule has 0 saturated carbocycles. The lowest BCUT2D eigenvalue weighted by Gasteiger charge is -2.22. The molecule has 0 spiro atoms. The van der Waals surface area contributed by atoms with Crippen LogP contribution in [0.1, 0.15) is 45.6 Å². The lowest BCUT2D eigenvalue weighted by atomic mass is 9.96. The second kappa shape index (κ2) is 9.40. The molecule has 3 N–H and O–H groups in total. The second-order valence-corrected chi connectivity index (χ2v) is 5.47. The predicted molar refractivity (Wildman–Crippen MR) is 89.5 cm³/mol. The maximum atomic E-state index is 10.5. The quantitative estimate of drug-likeness (QED) is 0.392. The standard InChI is InChI=1S/C17H29N3O/c1-4-6-10-13-19-16(18-5-2)20-14-17(3,21)15-11-8-7-9-12-15/h7-9,11-12,21H,4-6,10,13-14H2,1-3H3,(H2,18,19,20).